The second-order valence-electron chi connectivity index (χ2n) is 7.14. The predicted molar refractivity (Wildman–Crippen MR) is 112 cm³/mol. The number of amides is 2. The van der Waals surface area contributed by atoms with E-state index in [2.05, 4.69) is 15.6 Å². The molecule has 5 rings (SSSR count). The lowest BCUT2D eigenvalue weighted by molar-refractivity contribution is -0.122. The standard InChI is InChI=1S/C22H19N3O4S/c26-20(14-4-2-1-3-5-14)25-22-24-19-15(7-9-18(19)30-22)21(27)23-11-13-6-8-16-17(10-13)29-12-28-16/h1-6,8,10,15H,7,9,11-12H2,(H,23,27)(H,24,25,26)/t15-/m1/s1. The van der Waals surface area contributed by atoms with Gasteiger partial charge in [0.15, 0.2) is 16.6 Å². The molecule has 1 aliphatic heterocycles. The Kier molecular flexibility index (Phi) is 4.84. The Bertz CT molecular complexity index is 1110. The van der Waals surface area contributed by atoms with Gasteiger partial charge >= 0.3 is 0 Å². The lowest BCUT2D eigenvalue weighted by Gasteiger charge is -2.11. The Hall–Kier alpha value is -3.39. The monoisotopic (exact) mass is 421 g/mol. The number of rotatable bonds is 5. The van der Waals surface area contributed by atoms with Crippen molar-refractivity contribution in [1.82, 2.24) is 10.3 Å². The number of carbonyl (C=O) groups is 2. The molecular weight excluding hydrogens is 402 g/mol. The van der Waals surface area contributed by atoms with Gasteiger partial charge in [-0.05, 0) is 42.7 Å². The molecule has 2 aliphatic rings. The first-order valence-electron chi connectivity index (χ1n) is 9.69. The van der Waals surface area contributed by atoms with Crippen LogP contribution in [0.1, 0.15) is 38.8 Å². The van der Waals surface area contributed by atoms with Crippen LogP contribution in [-0.2, 0) is 17.8 Å². The van der Waals surface area contributed by atoms with Crippen LogP contribution in [0.15, 0.2) is 48.5 Å². The quantitative estimate of drug-likeness (QED) is 0.659. The van der Waals surface area contributed by atoms with Crippen LogP contribution in [0, 0.1) is 0 Å². The smallest absolute Gasteiger partial charge is 0.257 e. The number of hydrogen-bond acceptors (Lipinski definition) is 6. The van der Waals surface area contributed by atoms with Crippen LogP contribution in [0.2, 0.25) is 0 Å². The molecule has 2 heterocycles. The number of nitrogens with one attached hydrogen (secondary N) is 2. The van der Waals surface area contributed by atoms with Gasteiger partial charge in [-0.1, -0.05) is 24.3 Å². The van der Waals surface area contributed by atoms with Crippen LogP contribution in [0.3, 0.4) is 0 Å². The van der Waals surface area contributed by atoms with E-state index in [0.29, 0.717) is 23.0 Å². The highest BCUT2D eigenvalue weighted by Gasteiger charge is 2.32. The van der Waals surface area contributed by atoms with Crippen molar-refractivity contribution in [2.75, 3.05) is 12.1 Å². The highest BCUT2D eigenvalue weighted by molar-refractivity contribution is 7.16. The van der Waals surface area contributed by atoms with Crippen molar-refractivity contribution in [2.45, 2.75) is 25.3 Å². The molecule has 2 amide bonds. The number of thiazole rings is 1. The highest BCUT2D eigenvalue weighted by atomic mass is 32.1. The number of anilines is 1. The minimum atomic E-state index is -0.298. The molecule has 0 unspecified atom stereocenters. The van der Waals surface area contributed by atoms with Crippen LogP contribution >= 0.6 is 11.3 Å². The summed E-state index contributed by atoms with van der Waals surface area (Å²) < 4.78 is 10.7. The van der Waals surface area contributed by atoms with E-state index in [4.69, 9.17) is 9.47 Å². The Balaban J connectivity index is 1.23. The zero-order chi connectivity index (χ0) is 20.5. The molecule has 2 N–H and O–H groups in total. The molecule has 2 aromatic carbocycles. The summed E-state index contributed by atoms with van der Waals surface area (Å²) in [5, 5.41) is 6.36. The average Bonchev–Trinajstić information content (AvgIpc) is 3.47. The van der Waals surface area contributed by atoms with Gasteiger partial charge in [-0.25, -0.2) is 4.98 Å². The molecule has 0 radical (unpaired) electrons. The summed E-state index contributed by atoms with van der Waals surface area (Å²) in [4.78, 5) is 30.7. The molecule has 1 aliphatic carbocycles. The number of nitrogens with zero attached hydrogens (tertiary/aromatic N) is 1. The predicted octanol–water partition coefficient (Wildman–Crippen LogP) is 3.47. The van der Waals surface area contributed by atoms with Gasteiger partial charge < -0.3 is 14.8 Å². The summed E-state index contributed by atoms with van der Waals surface area (Å²) in [6, 6.07) is 14.6. The Morgan fingerprint density at radius 3 is 2.80 bits per heavy atom. The Morgan fingerprint density at radius 2 is 1.93 bits per heavy atom. The molecule has 0 saturated carbocycles. The third kappa shape index (κ3) is 3.61. The molecule has 7 nitrogen and oxygen atoms in total. The third-order valence-electron chi connectivity index (χ3n) is 5.19. The summed E-state index contributed by atoms with van der Waals surface area (Å²) in [7, 11) is 0. The fourth-order valence-electron chi connectivity index (χ4n) is 3.66. The summed E-state index contributed by atoms with van der Waals surface area (Å²) in [6.07, 6.45) is 1.52. The first kappa shape index (κ1) is 18.6. The van der Waals surface area contributed by atoms with Crippen molar-refractivity contribution >= 4 is 28.3 Å². The van der Waals surface area contributed by atoms with E-state index >= 15 is 0 Å². The molecule has 30 heavy (non-hydrogen) atoms. The van der Waals surface area contributed by atoms with Crippen molar-refractivity contribution < 1.29 is 19.1 Å². The van der Waals surface area contributed by atoms with Crippen LogP contribution in [-0.4, -0.2) is 23.6 Å². The molecule has 152 valence electrons. The minimum Gasteiger partial charge on any atom is -0.454 e. The van der Waals surface area contributed by atoms with Crippen molar-refractivity contribution in [3.05, 3.63) is 70.2 Å². The Morgan fingerprint density at radius 1 is 1.10 bits per heavy atom. The molecule has 1 atom stereocenters. The van der Waals surface area contributed by atoms with E-state index in [1.54, 1.807) is 12.1 Å². The number of aryl methyl sites for hydroxylation is 1. The van der Waals surface area contributed by atoms with Gasteiger partial charge in [-0.3, -0.25) is 14.9 Å². The van der Waals surface area contributed by atoms with Gasteiger partial charge in [-0.15, -0.1) is 11.3 Å². The van der Waals surface area contributed by atoms with E-state index in [0.717, 1.165) is 34.7 Å². The fourth-order valence-corrected chi connectivity index (χ4v) is 4.69. The summed E-state index contributed by atoms with van der Waals surface area (Å²) in [5.74, 6) is 0.860. The number of hydrogen-bond donors (Lipinski definition) is 2. The van der Waals surface area contributed by atoms with Crippen LogP contribution in [0.4, 0.5) is 5.13 Å². The average molecular weight is 421 g/mol. The molecule has 0 saturated heterocycles. The van der Waals surface area contributed by atoms with Crippen LogP contribution in [0.25, 0.3) is 0 Å². The first-order valence-corrected chi connectivity index (χ1v) is 10.5. The van der Waals surface area contributed by atoms with Gasteiger partial charge in [0.2, 0.25) is 12.7 Å². The van der Waals surface area contributed by atoms with Gasteiger partial charge in [0.05, 0.1) is 11.6 Å². The number of ether oxygens (including phenoxy) is 2. The first-order chi connectivity index (χ1) is 14.7. The van der Waals surface area contributed by atoms with E-state index in [1.165, 1.54) is 11.3 Å². The van der Waals surface area contributed by atoms with Crippen molar-refractivity contribution in [2.24, 2.45) is 0 Å². The number of fused-ring (bicyclic) bond motifs is 2. The van der Waals surface area contributed by atoms with Gasteiger partial charge in [0, 0.05) is 17.0 Å². The summed E-state index contributed by atoms with van der Waals surface area (Å²) >= 11 is 1.44. The molecule has 0 bridgehead atoms. The topological polar surface area (TPSA) is 89.6 Å². The molecular formula is C22H19N3O4S. The third-order valence-corrected chi connectivity index (χ3v) is 6.24. The van der Waals surface area contributed by atoms with Gasteiger partial charge in [0.1, 0.15) is 0 Å². The molecule has 3 aromatic rings. The fraction of sp³-hybridized carbons (Fsp3) is 0.227. The van der Waals surface area contributed by atoms with Crippen LogP contribution in [0.5, 0.6) is 11.5 Å². The zero-order valence-corrected chi connectivity index (χ0v) is 16.8. The van der Waals surface area contributed by atoms with Crippen molar-refractivity contribution in [1.29, 1.82) is 0 Å². The molecule has 1 aromatic heterocycles. The molecule has 0 spiro atoms. The lowest BCUT2D eigenvalue weighted by atomic mass is 10.1. The maximum atomic E-state index is 12.8. The van der Waals surface area contributed by atoms with E-state index < -0.39 is 0 Å². The maximum absolute atomic E-state index is 12.8. The number of carbonyl (C=O) groups excluding carboxylic acids is 2. The Labute approximate surface area is 177 Å². The van der Waals surface area contributed by atoms with Gasteiger partial charge in [-0.2, -0.15) is 0 Å². The van der Waals surface area contributed by atoms with E-state index in [9.17, 15) is 9.59 Å². The number of benzene rings is 2. The normalized spacial score (nSPS) is 16.2. The second-order valence-corrected chi connectivity index (χ2v) is 8.23. The largest absolute Gasteiger partial charge is 0.454 e. The highest BCUT2D eigenvalue weighted by Crippen LogP contribution is 2.38. The van der Waals surface area contributed by atoms with Crippen molar-refractivity contribution in [3.63, 3.8) is 0 Å². The molecule has 0 fully saturated rings. The number of aromatic nitrogens is 1. The SMILES string of the molecule is O=C(Nc1nc2c(s1)CC[C@H]2C(=O)NCc1ccc2c(c1)OCO2)c1ccccc1. The maximum Gasteiger partial charge on any atom is 0.257 e. The van der Waals surface area contributed by atoms with E-state index in [1.807, 2.05) is 36.4 Å². The summed E-state index contributed by atoms with van der Waals surface area (Å²) in [5.41, 5.74) is 2.29. The van der Waals surface area contributed by atoms with Gasteiger partial charge in [0.25, 0.3) is 5.91 Å². The van der Waals surface area contributed by atoms with E-state index in [-0.39, 0.29) is 24.5 Å². The lowest BCUT2D eigenvalue weighted by Crippen LogP contribution is -2.28. The molecule has 8 heteroatoms. The second kappa shape index (κ2) is 7.79. The zero-order valence-electron chi connectivity index (χ0n) is 16.0. The summed E-state index contributed by atoms with van der Waals surface area (Å²) in [6.45, 7) is 0.631. The van der Waals surface area contributed by atoms with Crippen molar-refractivity contribution in [3.8, 4) is 11.5 Å². The minimum absolute atomic E-state index is 0.0577. The van der Waals surface area contributed by atoms with Crippen LogP contribution < -0.4 is 20.1 Å².